The molecule has 130 valence electrons. The Hall–Kier alpha value is -1.82. The summed E-state index contributed by atoms with van der Waals surface area (Å²) in [6.07, 6.45) is 6.98. The molecule has 6 rings (SSSR count). The number of rotatable bonds is 3. The van der Waals surface area contributed by atoms with Crippen molar-refractivity contribution in [3.63, 3.8) is 0 Å². The minimum atomic E-state index is -0.322. The van der Waals surface area contributed by atoms with Gasteiger partial charge in [0.25, 0.3) is 0 Å². The van der Waals surface area contributed by atoms with E-state index in [1.807, 2.05) is 0 Å². The van der Waals surface area contributed by atoms with Crippen molar-refractivity contribution in [2.45, 2.75) is 38.5 Å². The largest absolute Gasteiger partial charge is 0.300 e. The third kappa shape index (κ3) is 2.58. The smallest absolute Gasteiger partial charge is 0.232 e. The fourth-order valence-electron chi connectivity index (χ4n) is 5.64. The van der Waals surface area contributed by atoms with Crippen molar-refractivity contribution >= 4 is 22.4 Å². The van der Waals surface area contributed by atoms with Crippen LogP contribution in [-0.4, -0.2) is 16.1 Å². The van der Waals surface area contributed by atoms with E-state index in [4.69, 9.17) is 0 Å². The van der Waals surface area contributed by atoms with Crippen LogP contribution in [0.3, 0.4) is 0 Å². The number of carbonyl (C=O) groups is 1. The molecule has 25 heavy (non-hydrogen) atoms. The van der Waals surface area contributed by atoms with Crippen LogP contribution in [0.5, 0.6) is 0 Å². The Morgan fingerprint density at radius 2 is 1.72 bits per heavy atom. The van der Waals surface area contributed by atoms with Crippen molar-refractivity contribution in [2.75, 3.05) is 5.32 Å². The summed E-state index contributed by atoms with van der Waals surface area (Å²) < 4.78 is 13.9. The Morgan fingerprint density at radius 3 is 2.36 bits per heavy atom. The van der Waals surface area contributed by atoms with Gasteiger partial charge in [0, 0.05) is 5.56 Å². The van der Waals surface area contributed by atoms with E-state index in [-0.39, 0.29) is 17.1 Å². The number of aromatic nitrogens is 2. The molecule has 6 heteroatoms. The predicted molar refractivity (Wildman–Crippen MR) is 94.5 cm³/mol. The first-order chi connectivity index (χ1) is 12.1. The number of nitrogens with zero attached hydrogens (tertiary/aromatic N) is 2. The van der Waals surface area contributed by atoms with Crippen LogP contribution in [0.2, 0.25) is 0 Å². The zero-order valence-corrected chi connectivity index (χ0v) is 14.7. The highest BCUT2D eigenvalue weighted by molar-refractivity contribution is 7.18. The molecule has 1 aromatic carbocycles. The van der Waals surface area contributed by atoms with Crippen LogP contribution in [0.4, 0.5) is 9.52 Å². The fourth-order valence-corrected chi connectivity index (χ4v) is 6.40. The van der Waals surface area contributed by atoms with Crippen LogP contribution in [0.1, 0.15) is 38.5 Å². The summed E-state index contributed by atoms with van der Waals surface area (Å²) in [5.74, 6) is 1.95. The van der Waals surface area contributed by atoms with Crippen molar-refractivity contribution in [1.82, 2.24) is 10.2 Å². The number of anilines is 1. The van der Waals surface area contributed by atoms with E-state index in [0.717, 1.165) is 37.0 Å². The number of amides is 1. The molecule has 0 atom stereocenters. The summed E-state index contributed by atoms with van der Waals surface area (Å²) in [5.41, 5.74) is 0.216. The third-order valence-corrected chi connectivity index (χ3v) is 7.14. The average Bonchev–Trinajstić information content (AvgIpc) is 3.02. The van der Waals surface area contributed by atoms with Gasteiger partial charge < -0.3 is 5.32 Å². The lowest BCUT2D eigenvalue weighted by molar-refractivity contribution is -0.140. The lowest BCUT2D eigenvalue weighted by Crippen LogP contribution is -2.51. The SMILES string of the molecule is O=C(Nc1nnc(-c2ccccc2F)s1)C12CC3CC(CC(C3)C1)C2. The van der Waals surface area contributed by atoms with Gasteiger partial charge in [0.15, 0.2) is 5.01 Å². The minimum absolute atomic E-state index is 0.0998. The first-order valence-electron chi connectivity index (χ1n) is 9.01. The van der Waals surface area contributed by atoms with Crippen molar-refractivity contribution in [2.24, 2.45) is 23.2 Å². The molecule has 1 N–H and O–H groups in total. The Kier molecular flexibility index (Phi) is 3.45. The Labute approximate surface area is 149 Å². The lowest BCUT2D eigenvalue weighted by Gasteiger charge is -2.55. The van der Waals surface area contributed by atoms with Crippen LogP contribution < -0.4 is 5.32 Å². The summed E-state index contributed by atoms with van der Waals surface area (Å²) in [5, 5.41) is 12.1. The van der Waals surface area contributed by atoms with Gasteiger partial charge in [-0.3, -0.25) is 4.79 Å². The minimum Gasteiger partial charge on any atom is -0.300 e. The van der Waals surface area contributed by atoms with Crippen molar-refractivity contribution in [1.29, 1.82) is 0 Å². The second kappa shape index (κ2) is 5.59. The standard InChI is InChI=1S/C19H20FN3OS/c20-15-4-2-1-3-14(15)16-22-23-18(25-16)21-17(24)19-8-11-5-12(9-19)7-13(6-11)10-19/h1-4,11-13H,5-10H2,(H,21,23,24). The number of carbonyl (C=O) groups excluding carboxylic acids is 1. The summed E-state index contributed by atoms with van der Waals surface area (Å²) in [4.78, 5) is 13.0. The Morgan fingerprint density at radius 1 is 1.08 bits per heavy atom. The fraction of sp³-hybridized carbons (Fsp3) is 0.526. The van der Waals surface area contributed by atoms with E-state index in [0.29, 0.717) is 15.7 Å². The molecule has 0 radical (unpaired) electrons. The van der Waals surface area contributed by atoms with Gasteiger partial charge >= 0.3 is 0 Å². The zero-order valence-electron chi connectivity index (χ0n) is 13.9. The molecule has 0 saturated heterocycles. The molecule has 1 heterocycles. The molecule has 0 unspecified atom stereocenters. The molecule has 4 aliphatic rings. The maximum absolute atomic E-state index is 13.9. The van der Waals surface area contributed by atoms with Crippen LogP contribution in [0, 0.1) is 29.0 Å². The van der Waals surface area contributed by atoms with Gasteiger partial charge in [-0.05, 0) is 68.4 Å². The summed E-state index contributed by atoms with van der Waals surface area (Å²) >= 11 is 1.24. The highest BCUT2D eigenvalue weighted by Crippen LogP contribution is 2.60. The van der Waals surface area contributed by atoms with E-state index in [2.05, 4.69) is 15.5 Å². The van der Waals surface area contributed by atoms with Gasteiger partial charge in [-0.2, -0.15) is 0 Å². The van der Waals surface area contributed by atoms with Gasteiger partial charge in [-0.1, -0.05) is 23.5 Å². The number of hydrogen-bond donors (Lipinski definition) is 1. The highest BCUT2D eigenvalue weighted by Gasteiger charge is 2.54. The van der Waals surface area contributed by atoms with Gasteiger partial charge in [0.05, 0.1) is 5.41 Å². The van der Waals surface area contributed by atoms with Gasteiger partial charge in [-0.25, -0.2) is 4.39 Å². The van der Waals surface area contributed by atoms with Crippen LogP contribution >= 0.6 is 11.3 Å². The summed E-state index contributed by atoms with van der Waals surface area (Å²) in [6, 6.07) is 6.51. The molecule has 0 aliphatic heterocycles. The molecule has 4 fully saturated rings. The molecule has 0 spiro atoms. The van der Waals surface area contributed by atoms with Crippen LogP contribution in [0.15, 0.2) is 24.3 Å². The molecule has 4 bridgehead atoms. The monoisotopic (exact) mass is 357 g/mol. The summed E-state index contributed by atoms with van der Waals surface area (Å²) in [6.45, 7) is 0. The second-order valence-electron chi connectivity index (χ2n) is 8.04. The van der Waals surface area contributed by atoms with Crippen molar-refractivity contribution in [3.05, 3.63) is 30.1 Å². The first-order valence-corrected chi connectivity index (χ1v) is 9.83. The van der Waals surface area contributed by atoms with Gasteiger partial charge in [0.1, 0.15) is 5.82 Å². The van der Waals surface area contributed by atoms with Crippen molar-refractivity contribution in [3.8, 4) is 10.6 Å². The number of halogens is 1. The second-order valence-corrected chi connectivity index (χ2v) is 9.02. The normalized spacial score (nSPS) is 32.8. The first kappa shape index (κ1) is 15.4. The van der Waals surface area contributed by atoms with Gasteiger partial charge in [0.2, 0.25) is 11.0 Å². The molecule has 1 aromatic heterocycles. The number of hydrogen-bond acceptors (Lipinski definition) is 4. The van der Waals surface area contributed by atoms with E-state index in [1.54, 1.807) is 18.2 Å². The Balaban J connectivity index is 1.36. The van der Waals surface area contributed by atoms with E-state index >= 15 is 0 Å². The maximum atomic E-state index is 13.9. The topological polar surface area (TPSA) is 54.9 Å². The molecular formula is C19H20FN3OS. The number of nitrogens with one attached hydrogen (secondary N) is 1. The van der Waals surface area contributed by atoms with E-state index in [1.165, 1.54) is 36.7 Å². The quantitative estimate of drug-likeness (QED) is 0.880. The maximum Gasteiger partial charge on any atom is 0.232 e. The molecular weight excluding hydrogens is 337 g/mol. The zero-order chi connectivity index (χ0) is 17.0. The predicted octanol–water partition coefficient (Wildman–Crippen LogP) is 4.50. The van der Waals surface area contributed by atoms with E-state index < -0.39 is 0 Å². The van der Waals surface area contributed by atoms with Gasteiger partial charge in [-0.15, -0.1) is 10.2 Å². The van der Waals surface area contributed by atoms with Crippen molar-refractivity contribution < 1.29 is 9.18 Å². The molecule has 4 nitrogen and oxygen atoms in total. The molecule has 1 amide bonds. The average molecular weight is 357 g/mol. The summed E-state index contributed by atoms with van der Waals surface area (Å²) in [7, 11) is 0. The third-order valence-electron chi connectivity index (χ3n) is 6.27. The molecule has 4 aliphatic carbocycles. The number of benzene rings is 1. The lowest BCUT2D eigenvalue weighted by atomic mass is 9.49. The molecule has 2 aromatic rings. The van der Waals surface area contributed by atoms with Crippen LogP contribution in [-0.2, 0) is 4.79 Å². The highest BCUT2D eigenvalue weighted by atomic mass is 32.1. The van der Waals surface area contributed by atoms with E-state index in [9.17, 15) is 9.18 Å². The Bertz CT molecular complexity index is 798. The molecule has 4 saturated carbocycles. The van der Waals surface area contributed by atoms with Crippen LogP contribution in [0.25, 0.3) is 10.6 Å².